The third-order valence-corrected chi connectivity index (χ3v) is 4.43. The van der Waals surface area contributed by atoms with Gasteiger partial charge in [-0.3, -0.25) is 0 Å². The molecule has 0 saturated heterocycles. The minimum absolute atomic E-state index is 0.322. The van der Waals surface area contributed by atoms with E-state index in [0.29, 0.717) is 25.6 Å². The van der Waals surface area contributed by atoms with E-state index in [1.54, 1.807) is 14.2 Å². The van der Waals surface area contributed by atoms with Crippen LogP contribution in [-0.4, -0.2) is 32.8 Å². The molecule has 0 aromatic rings. The van der Waals surface area contributed by atoms with Crippen molar-refractivity contribution in [1.82, 2.24) is 0 Å². The average molecular weight is 299 g/mol. The number of halogens is 3. The van der Waals surface area contributed by atoms with Gasteiger partial charge >= 0.3 is 5.38 Å². The van der Waals surface area contributed by atoms with Crippen molar-refractivity contribution in [1.29, 1.82) is 0 Å². The van der Waals surface area contributed by atoms with Crippen molar-refractivity contribution in [2.75, 3.05) is 27.4 Å². The molecule has 0 spiro atoms. The zero-order valence-electron chi connectivity index (χ0n) is 11.9. The summed E-state index contributed by atoms with van der Waals surface area (Å²) in [6, 6.07) is 0. The Bertz CT molecular complexity index is 244. The lowest BCUT2D eigenvalue weighted by atomic mass is 9.67. The molecule has 1 rings (SSSR count). The monoisotopic (exact) mass is 298 g/mol. The molecule has 1 aliphatic carbocycles. The van der Waals surface area contributed by atoms with Gasteiger partial charge in [0.05, 0.1) is 13.2 Å². The molecule has 5 heteroatoms. The topological polar surface area (TPSA) is 18.5 Å². The SMILES string of the molecule is COCC(CCC(F)(F)Cl)(COC)C1CCCCC1. The zero-order valence-corrected chi connectivity index (χ0v) is 12.6. The molecular formula is C14H25ClF2O2. The summed E-state index contributed by atoms with van der Waals surface area (Å²) in [5.74, 6) is 0.389. The van der Waals surface area contributed by atoms with Crippen LogP contribution < -0.4 is 0 Å². The molecule has 0 unspecified atom stereocenters. The van der Waals surface area contributed by atoms with Crippen molar-refractivity contribution in [2.45, 2.75) is 50.3 Å². The Balaban J connectivity index is 2.78. The summed E-state index contributed by atoms with van der Waals surface area (Å²) in [5.41, 5.74) is -0.331. The highest BCUT2D eigenvalue weighted by atomic mass is 35.5. The molecule has 0 radical (unpaired) electrons. The molecule has 0 aromatic heterocycles. The van der Waals surface area contributed by atoms with Gasteiger partial charge in [-0.25, -0.2) is 0 Å². The quantitative estimate of drug-likeness (QED) is 0.616. The van der Waals surface area contributed by atoms with Gasteiger partial charge in [-0.1, -0.05) is 19.3 Å². The molecule has 0 atom stereocenters. The van der Waals surface area contributed by atoms with Crippen LogP contribution in [-0.2, 0) is 9.47 Å². The summed E-state index contributed by atoms with van der Waals surface area (Å²) in [4.78, 5) is 0. The fourth-order valence-corrected chi connectivity index (χ4v) is 3.40. The number of rotatable bonds is 8. The zero-order chi connectivity index (χ0) is 14.4. The lowest BCUT2D eigenvalue weighted by Crippen LogP contribution is -2.41. The first-order valence-electron chi connectivity index (χ1n) is 6.98. The normalized spacial score (nSPS) is 18.8. The minimum Gasteiger partial charge on any atom is -0.384 e. The van der Waals surface area contributed by atoms with E-state index in [4.69, 9.17) is 21.1 Å². The highest BCUT2D eigenvalue weighted by molar-refractivity contribution is 6.21. The lowest BCUT2D eigenvalue weighted by Gasteiger charge is -2.42. The van der Waals surface area contributed by atoms with Crippen LogP contribution >= 0.6 is 11.6 Å². The van der Waals surface area contributed by atoms with Crippen molar-refractivity contribution < 1.29 is 18.3 Å². The lowest BCUT2D eigenvalue weighted by molar-refractivity contribution is -0.0591. The Hall–Kier alpha value is 0.0700. The fourth-order valence-electron chi connectivity index (χ4n) is 3.31. The molecule has 1 fully saturated rings. The smallest absolute Gasteiger partial charge is 0.321 e. The molecule has 0 aromatic carbocycles. The van der Waals surface area contributed by atoms with Gasteiger partial charge in [-0.05, 0) is 36.8 Å². The second-order valence-corrected chi connectivity index (χ2v) is 6.23. The van der Waals surface area contributed by atoms with E-state index in [1.807, 2.05) is 0 Å². The molecule has 114 valence electrons. The molecular weight excluding hydrogens is 274 g/mol. The largest absolute Gasteiger partial charge is 0.384 e. The second-order valence-electron chi connectivity index (χ2n) is 5.68. The van der Waals surface area contributed by atoms with Crippen molar-refractivity contribution in [2.24, 2.45) is 11.3 Å². The summed E-state index contributed by atoms with van der Waals surface area (Å²) in [6.07, 6.45) is 5.72. The maximum atomic E-state index is 13.0. The van der Waals surface area contributed by atoms with E-state index in [1.165, 1.54) is 6.42 Å². The first-order valence-corrected chi connectivity index (χ1v) is 7.36. The molecule has 0 bridgehead atoms. The number of alkyl halides is 3. The van der Waals surface area contributed by atoms with Crippen molar-refractivity contribution >= 4 is 11.6 Å². The standard InChI is InChI=1S/C14H25ClF2O2/c1-18-10-13(11-19-2,8-9-14(15,16)17)12-6-4-3-5-7-12/h12H,3-11H2,1-2H3. The maximum absolute atomic E-state index is 13.0. The molecule has 0 heterocycles. The molecule has 1 aliphatic rings. The summed E-state index contributed by atoms with van der Waals surface area (Å²) in [7, 11) is 3.23. The number of hydrogen-bond donors (Lipinski definition) is 0. The highest BCUT2D eigenvalue weighted by Gasteiger charge is 2.41. The number of ether oxygens (including phenoxy) is 2. The van der Waals surface area contributed by atoms with Crippen LogP contribution in [0.2, 0.25) is 0 Å². The summed E-state index contributed by atoms with van der Waals surface area (Å²) < 4.78 is 36.6. The van der Waals surface area contributed by atoms with Crippen LogP contribution in [0, 0.1) is 11.3 Å². The molecule has 0 aliphatic heterocycles. The molecule has 19 heavy (non-hydrogen) atoms. The van der Waals surface area contributed by atoms with Gasteiger partial charge < -0.3 is 9.47 Å². The van der Waals surface area contributed by atoms with Gasteiger partial charge in [-0.2, -0.15) is 8.78 Å². The van der Waals surface area contributed by atoms with Crippen molar-refractivity contribution in [3.05, 3.63) is 0 Å². The van der Waals surface area contributed by atoms with E-state index in [2.05, 4.69) is 0 Å². The van der Waals surface area contributed by atoms with Crippen LogP contribution in [0.4, 0.5) is 8.78 Å². The van der Waals surface area contributed by atoms with Crippen LogP contribution in [0.5, 0.6) is 0 Å². The first-order chi connectivity index (χ1) is 8.93. The van der Waals surface area contributed by atoms with E-state index in [0.717, 1.165) is 25.7 Å². The first kappa shape index (κ1) is 17.1. The fraction of sp³-hybridized carbons (Fsp3) is 1.00. The summed E-state index contributed by atoms with van der Waals surface area (Å²) in [6.45, 7) is 0.914. The molecule has 1 saturated carbocycles. The predicted octanol–water partition coefficient (Wildman–Crippen LogP) is 4.46. The third-order valence-electron chi connectivity index (χ3n) is 4.24. The van der Waals surface area contributed by atoms with E-state index < -0.39 is 5.38 Å². The van der Waals surface area contributed by atoms with Gasteiger partial charge in [0.2, 0.25) is 0 Å². The Morgan fingerprint density at radius 1 is 1.00 bits per heavy atom. The second kappa shape index (κ2) is 7.75. The van der Waals surface area contributed by atoms with Crippen LogP contribution in [0.3, 0.4) is 0 Å². The van der Waals surface area contributed by atoms with Crippen LogP contribution in [0.15, 0.2) is 0 Å². The average Bonchev–Trinajstić information content (AvgIpc) is 2.37. The van der Waals surface area contributed by atoms with Gasteiger partial charge in [0.25, 0.3) is 0 Å². The van der Waals surface area contributed by atoms with E-state index in [-0.39, 0.29) is 11.8 Å². The Morgan fingerprint density at radius 3 is 1.95 bits per heavy atom. The van der Waals surface area contributed by atoms with Gasteiger partial charge in [0, 0.05) is 26.1 Å². The third kappa shape index (κ3) is 5.52. The van der Waals surface area contributed by atoms with E-state index in [9.17, 15) is 8.78 Å². The Kier molecular flexibility index (Phi) is 6.98. The predicted molar refractivity (Wildman–Crippen MR) is 72.8 cm³/mol. The Labute approximate surface area is 119 Å². The van der Waals surface area contributed by atoms with Crippen molar-refractivity contribution in [3.63, 3.8) is 0 Å². The number of methoxy groups -OCH3 is 2. The molecule has 0 N–H and O–H groups in total. The van der Waals surface area contributed by atoms with Gasteiger partial charge in [0.1, 0.15) is 0 Å². The van der Waals surface area contributed by atoms with Gasteiger partial charge in [-0.15, -0.1) is 0 Å². The Morgan fingerprint density at radius 2 is 1.53 bits per heavy atom. The summed E-state index contributed by atoms with van der Waals surface area (Å²) in [5, 5.41) is -3.14. The van der Waals surface area contributed by atoms with E-state index >= 15 is 0 Å². The maximum Gasteiger partial charge on any atom is 0.321 e. The van der Waals surface area contributed by atoms with Crippen molar-refractivity contribution in [3.8, 4) is 0 Å². The van der Waals surface area contributed by atoms with Crippen LogP contribution in [0.25, 0.3) is 0 Å². The summed E-state index contributed by atoms with van der Waals surface area (Å²) >= 11 is 5.06. The van der Waals surface area contributed by atoms with Crippen LogP contribution in [0.1, 0.15) is 44.9 Å². The van der Waals surface area contributed by atoms with Gasteiger partial charge in [0.15, 0.2) is 0 Å². The number of hydrogen-bond acceptors (Lipinski definition) is 2. The molecule has 0 amide bonds. The highest BCUT2D eigenvalue weighted by Crippen LogP contribution is 2.44. The minimum atomic E-state index is -3.14. The molecule has 2 nitrogen and oxygen atoms in total.